The summed E-state index contributed by atoms with van der Waals surface area (Å²) in [5.41, 5.74) is 1.000. The molecule has 0 fully saturated rings. The van der Waals surface area contributed by atoms with Crippen LogP contribution in [-0.4, -0.2) is 18.3 Å². The number of hydrogen-bond donors (Lipinski definition) is 1. The molecule has 96 valence electrons. The normalized spacial score (nSPS) is 10.9. The number of phenolic OH excluding ortho intramolecular Hbond substituents is 1. The van der Waals surface area contributed by atoms with Gasteiger partial charge in [-0.3, -0.25) is 0 Å². The van der Waals surface area contributed by atoms with Crippen LogP contribution >= 0.6 is 0 Å². The Morgan fingerprint density at radius 3 is 2.44 bits per heavy atom. The molecule has 0 atom stereocenters. The molecule has 0 saturated carbocycles. The van der Waals surface area contributed by atoms with Crippen molar-refractivity contribution in [3.63, 3.8) is 0 Å². The first-order valence-electron chi connectivity index (χ1n) is 6.00. The lowest BCUT2D eigenvalue weighted by molar-refractivity contribution is 0.242. The van der Waals surface area contributed by atoms with Crippen LogP contribution in [0.3, 0.4) is 0 Å². The highest BCUT2D eigenvalue weighted by molar-refractivity contribution is 5.93. The smallest absolute Gasteiger partial charge is 0.127 e. The third-order valence-corrected chi connectivity index (χ3v) is 2.90. The van der Waals surface area contributed by atoms with Gasteiger partial charge < -0.3 is 14.6 Å². The fourth-order valence-corrected chi connectivity index (χ4v) is 2.08. The standard InChI is InChI=1S/C15H18O3/c1-9(2)18-11-7-13-10(3)15(17-4)6-5-12(13)14(16)8-11/h5-9,16H,1-4H3. The minimum Gasteiger partial charge on any atom is -0.507 e. The van der Waals surface area contributed by atoms with Gasteiger partial charge in [0.1, 0.15) is 17.2 Å². The average molecular weight is 246 g/mol. The number of benzene rings is 2. The molecule has 0 aliphatic rings. The summed E-state index contributed by atoms with van der Waals surface area (Å²) in [6.07, 6.45) is 0.0766. The molecule has 0 heterocycles. The molecule has 2 aromatic rings. The Kier molecular flexibility index (Phi) is 3.32. The van der Waals surface area contributed by atoms with Gasteiger partial charge in [0.15, 0.2) is 0 Å². The predicted octanol–water partition coefficient (Wildman–Crippen LogP) is 3.65. The van der Waals surface area contributed by atoms with E-state index in [0.717, 1.165) is 22.1 Å². The van der Waals surface area contributed by atoms with Crippen LogP contribution in [0.2, 0.25) is 0 Å². The number of hydrogen-bond acceptors (Lipinski definition) is 3. The van der Waals surface area contributed by atoms with Crippen molar-refractivity contribution < 1.29 is 14.6 Å². The van der Waals surface area contributed by atoms with Gasteiger partial charge in [0.2, 0.25) is 0 Å². The topological polar surface area (TPSA) is 38.7 Å². The zero-order chi connectivity index (χ0) is 13.3. The first-order chi connectivity index (χ1) is 8.52. The Balaban J connectivity index is 2.64. The van der Waals surface area contributed by atoms with E-state index in [1.54, 1.807) is 13.2 Å². The van der Waals surface area contributed by atoms with E-state index in [0.29, 0.717) is 5.75 Å². The maximum atomic E-state index is 10.0. The first-order valence-corrected chi connectivity index (χ1v) is 6.00. The van der Waals surface area contributed by atoms with Crippen molar-refractivity contribution in [2.24, 2.45) is 0 Å². The highest BCUT2D eigenvalue weighted by Gasteiger charge is 2.10. The molecule has 1 N–H and O–H groups in total. The molecule has 3 heteroatoms. The molecule has 0 aliphatic heterocycles. The summed E-state index contributed by atoms with van der Waals surface area (Å²) in [6, 6.07) is 7.30. The highest BCUT2D eigenvalue weighted by atomic mass is 16.5. The van der Waals surface area contributed by atoms with Crippen molar-refractivity contribution in [3.8, 4) is 17.2 Å². The van der Waals surface area contributed by atoms with Crippen LogP contribution in [0, 0.1) is 6.92 Å². The molecule has 0 aromatic heterocycles. The minimum atomic E-state index is 0.0766. The molecule has 0 radical (unpaired) electrons. The van der Waals surface area contributed by atoms with Gasteiger partial charge in [-0.15, -0.1) is 0 Å². The molecule has 0 spiro atoms. The van der Waals surface area contributed by atoms with Gasteiger partial charge in [-0.05, 0) is 49.9 Å². The number of methoxy groups -OCH3 is 1. The van der Waals surface area contributed by atoms with Crippen molar-refractivity contribution >= 4 is 10.8 Å². The Morgan fingerprint density at radius 1 is 1.11 bits per heavy atom. The number of aryl methyl sites for hydroxylation is 1. The van der Waals surface area contributed by atoms with Gasteiger partial charge in [0, 0.05) is 11.5 Å². The zero-order valence-electron chi connectivity index (χ0n) is 11.2. The monoisotopic (exact) mass is 246 g/mol. The molecule has 0 amide bonds. The third-order valence-electron chi connectivity index (χ3n) is 2.90. The van der Waals surface area contributed by atoms with Crippen LogP contribution < -0.4 is 9.47 Å². The fourth-order valence-electron chi connectivity index (χ4n) is 2.08. The summed E-state index contributed by atoms with van der Waals surface area (Å²) in [5, 5.41) is 11.8. The summed E-state index contributed by atoms with van der Waals surface area (Å²) in [5.74, 6) is 1.71. The van der Waals surface area contributed by atoms with Crippen LogP contribution in [0.25, 0.3) is 10.8 Å². The van der Waals surface area contributed by atoms with Gasteiger partial charge in [0.25, 0.3) is 0 Å². The van der Waals surface area contributed by atoms with Gasteiger partial charge in [-0.25, -0.2) is 0 Å². The molecule has 18 heavy (non-hydrogen) atoms. The molecule has 2 rings (SSSR count). The second-order valence-electron chi connectivity index (χ2n) is 4.60. The Hall–Kier alpha value is -1.90. The lowest BCUT2D eigenvalue weighted by Gasteiger charge is -2.14. The van der Waals surface area contributed by atoms with Crippen LogP contribution in [0.4, 0.5) is 0 Å². The van der Waals surface area contributed by atoms with Gasteiger partial charge in [-0.2, -0.15) is 0 Å². The molecule has 0 unspecified atom stereocenters. The van der Waals surface area contributed by atoms with E-state index in [1.807, 2.05) is 39.0 Å². The summed E-state index contributed by atoms with van der Waals surface area (Å²) in [4.78, 5) is 0. The van der Waals surface area contributed by atoms with E-state index >= 15 is 0 Å². The number of rotatable bonds is 3. The summed E-state index contributed by atoms with van der Waals surface area (Å²) in [7, 11) is 1.64. The van der Waals surface area contributed by atoms with Gasteiger partial charge >= 0.3 is 0 Å². The Bertz CT molecular complexity index is 573. The van der Waals surface area contributed by atoms with E-state index in [9.17, 15) is 5.11 Å². The Morgan fingerprint density at radius 2 is 1.83 bits per heavy atom. The number of phenols is 1. The van der Waals surface area contributed by atoms with E-state index in [2.05, 4.69) is 0 Å². The number of ether oxygens (including phenoxy) is 2. The maximum absolute atomic E-state index is 10.0. The van der Waals surface area contributed by atoms with E-state index in [1.165, 1.54) is 0 Å². The van der Waals surface area contributed by atoms with E-state index in [4.69, 9.17) is 9.47 Å². The lowest BCUT2D eigenvalue weighted by Crippen LogP contribution is -2.05. The number of fused-ring (bicyclic) bond motifs is 1. The van der Waals surface area contributed by atoms with E-state index in [-0.39, 0.29) is 11.9 Å². The summed E-state index contributed by atoms with van der Waals surface area (Å²) >= 11 is 0. The molecule has 2 aromatic carbocycles. The van der Waals surface area contributed by atoms with E-state index < -0.39 is 0 Å². The molecule has 3 nitrogen and oxygen atoms in total. The summed E-state index contributed by atoms with van der Waals surface area (Å²) in [6.45, 7) is 5.89. The third kappa shape index (κ3) is 2.21. The van der Waals surface area contributed by atoms with Crippen molar-refractivity contribution in [2.75, 3.05) is 7.11 Å². The van der Waals surface area contributed by atoms with Crippen LogP contribution in [-0.2, 0) is 0 Å². The molecule has 0 saturated heterocycles. The average Bonchev–Trinajstić information content (AvgIpc) is 2.30. The molecule has 0 aliphatic carbocycles. The number of aromatic hydroxyl groups is 1. The zero-order valence-corrected chi connectivity index (χ0v) is 11.2. The second-order valence-corrected chi connectivity index (χ2v) is 4.60. The Labute approximate surface area is 107 Å². The van der Waals surface area contributed by atoms with Crippen molar-refractivity contribution in [1.29, 1.82) is 0 Å². The van der Waals surface area contributed by atoms with Crippen molar-refractivity contribution in [2.45, 2.75) is 26.9 Å². The lowest BCUT2D eigenvalue weighted by atomic mass is 10.0. The highest BCUT2D eigenvalue weighted by Crippen LogP contribution is 2.36. The van der Waals surface area contributed by atoms with Crippen LogP contribution in [0.1, 0.15) is 19.4 Å². The van der Waals surface area contributed by atoms with Gasteiger partial charge in [0.05, 0.1) is 13.2 Å². The maximum Gasteiger partial charge on any atom is 0.127 e. The first kappa shape index (κ1) is 12.6. The SMILES string of the molecule is COc1ccc2c(O)cc(OC(C)C)cc2c1C. The van der Waals surface area contributed by atoms with Crippen molar-refractivity contribution in [1.82, 2.24) is 0 Å². The van der Waals surface area contributed by atoms with Crippen LogP contribution in [0.5, 0.6) is 17.2 Å². The largest absolute Gasteiger partial charge is 0.507 e. The second kappa shape index (κ2) is 4.77. The fraction of sp³-hybridized carbons (Fsp3) is 0.333. The molecule has 0 bridgehead atoms. The minimum absolute atomic E-state index is 0.0766. The molecular weight excluding hydrogens is 228 g/mol. The van der Waals surface area contributed by atoms with Gasteiger partial charge in [-0.1, -0.05) is 0 Å². The molecular formula is C15H18O3. The predicted molar refractivity (Wildman–Crippen MR) is 72.7 cm³/mol. The summed E-state index contributed by atoms with van der Waals surface area (Å²) < 4.78 is 10.9. The van der Waals surface area contributed by atoms with Crippen LogP contribution in [0.15, 0.2) is 24.3 Å². The van der Waals surface area contributed by atoms with Crippen molar-refractivity contribution in [3.05, 3.63) is 29.8 Å². The quantitative estimate of drug-likeness (QED) is 0.898.